The number of rotatable bonds is 2. The number of nitrogens with one attached hydrogen (secondary N) is 1. The van der Waals surface area contributed by atoms with Gasteiger partial charge in [0.1, 0.15) is 5.72 Å². The van der Waals surface area contributed by atoms with Crippen molar-refractivity contribution in [2.45, 2.75) is 45.4 Å². The average Bonchev–Trinajstić information content (AvgIpc) is 2.12. The summed E-state index contributed by atoms with van der Waals surface area (Å²) < 4.78 is 5.68. The molecule has 0 saturated carbocycles. The molecule has 0 aromatic carbocycles. The average molecular weight is 143 g/mol. The minimum atomic E-state index is -0.0336. The molecule has 1 aliphatic heterocycles. The first-order valence-corrected chi connectivity index (χ1v) is 4.09. The van der Waals surface area contributed by atoms with Gasteiger partial charge in [0.15, 0.2) is 0 Å². The summed E-state index contributed by atoms with van der Waals surface area (Å²) in [5, 5.41) is 3.36. The number of hydrogen-bond donors (Lipinski definition) is 1. The minimum Gasteiger partial charge on any atom is -0.357 e. The first-order chi connectivity index (χ1) is 4.66. The van der Waals surface area contributed by atoms with Crippen molar-refractivity contribution in [2.75, 3.05) is 6.54 Å². The molecule has 10 heavy (non-hydrogen) atoms. The zero-order chi connectivity index (χ0) is 7.61. The predicted molar refractivity (Wildman–Crippen MR) is 41.9 cm³/mol. The van der Waals surface area contributed by atoms with E-state index in [1.54, 1.807) is 0 Å². The highest BCUT2D eigenvalue weighted by Crippen LogP contribution is 2.21. The number of hydrogen-bond acceptors (Lipinski definition) is 2. The third-order valence-corrected chi connectivity index (χ3v) is 1.95. The van der Waals surface area contributed by atoms with E-state index < -0.39 is 0 Å². The molecule has 60 valence electrons. The lowest BCUT2D eigenvalue weighted by molar-refractivity contribution is -0.0358. The van der Waals surface area contributed by atoms with Gasteiger partial charge in [0, 0.05) is 6.54 Å². The van der Waals surface area contributed by atoms with E-state index in [0.717, 1.165) is 13.0 Å². The molecule has 1 rings (SSSR count). The largest absolute Gasteiger partial charge is 0.357 e. The van der Waals surface area contributed by atoms with Gasteiger partial charge in [0.05, 0.1) is 6.10 Å². The van der Waals surface area contributed by atoms with E-state index in [2.05, 4.69) is 26.1 Å². The lowest BCUT2D eigenvalue weighted by atomic mass is 10.1. The Bertz CT molecular complexity index is 112. The van der Waals surface area contributed by atoms with Gasteiger partial charge in [-0.3, -0.25) is 5.32 Å². The van der Waals surface area contributed by atoms with Crippen LogP contribution in [0.5, 0.6) is 0 Å². The lowest BCUT2D eigenvalue weighted by Crippen LogP contribution is -2.37. The smallest absolute Gasteiger partial charge is 0.116 e. The van der Waals surface area contributed by atoms with Crippen molar-refractivity contribution in [3.8, 4) is 0 Å². The quantitative estimate of drug-likeness (QED) is 0.632. The number of ether oxygens (including phenoxy) is 1. The highest BCUT2D eigenvalue weighted by atomic mass is 16.5. The summed E-state index contributed by atoms with van der Waals surface area (Å²) >= 11 is 0. The molecule has 0 spiro atoms. The van der Waals surface area contributed by atoms with Crippen LogP contribution in [0.25, 0.3) is 0 Å². The fraction of sp³-hybridized carbons (Fsp3) is 1.00. The van der Waals surface area contributed by atoms with Crippen LogP contribution in [0, 0.1) is 0 Å². The van der Waals surface area contributed by atoms with E-state index >= 15 is 0 Å². The van der Waals surface area contributed by atoms with Gasteiger partial charge in [-0.25, -0.2) is 0 Å². The van der Waals surface area contributed by atoms with Crippen LogP contribution in [0.4, 0.5) is 0 Å². The van der Waals surface area contributed by atoms with Crippen LogP contribution >= 0.6 is 0 Å². The zero-order valence-electron chi connectivity index (χ0n) is 7.11. The lowest BCUT2D eigenvalue weighted by Gasteiger charge is -2.23. The Balaban J connectivity index is 2.38. The Morgan fingerprint density at radius 1 is 1.70 bits per heavy atom. The molecule has 2 nitrogen and oxygen atoms in total. The molecular formula is C8H17NO. The van der Waals surface area contributed by atoms with Crippen LogP contribution < -0.4 is 5.32 Å². The topological polar surface area (TPSA) is 21.3 Å². The van der Waals surface area contributed by atoms with Gasteiger partial charge in [0.25, 0.3) is 0 Å². The Hall–Kier alpha value is -0.0800. The molecule has 0 bridgehead atoms. The van der Waals surface area contributed by atoms with E-state index in [-0.39, 0.29) is 5.72 Å². The fourth-order valence-corrected chi connectivity index (χ4v) is 1.51. The van der Waals surface area contributed by atoms with Crippen LogP contribution in [0.1, 0.15) is 33.6 Å². The molecule has 1 N–H and O–H groups in total. The Morgan fingerprint density at radius 2 is 2.40 bits per heavy atom. The maximum Gasteiger partial charge on any atom is 0.116 e. The second kappa shape index (κ2) is 2.89. The summed E-state index contributed by atoms with van der Waals surface area (Å²) in [6.07, 6.45) is 2.67. The van der Waals surface area contributed by atoms with Gasteiger partial charge in [-0.1, -0.05) is 13.3 Å². The highest BCUT2D eigenvalue weighted by molar-refractivity contribution is 4.80. The second-order valence-electron chi connectivity index (χ2n) is 3.29. The molecule has 0 aromatic rings. The van der Waals surface area contributed by atoms with Gasteiger partial charge in [0.2, 0.25) is 0 Å². The molecule has 1 aliphatic rings. The van der Waals surface area contributed by atoms with E-state index in [4.69, 9.17) is 4.74 Å². The predicted octanol–water partition coefficient (Wildman–Crippen LogP) is 1.51. The third-order valence-electron chi connectivity index (χ3n) is 1.95. The summed E-state index contributed by atoms with van der Waals surface area (Å²) in [6, 6.07) is 0. The molecule has 0 amide bonds. The maximum atomic E-state index is 5.68. The SMILES string of the molecule is CCCC1(C)NCC(C)O1. The molecule has 2 unspecified atom stereocenters. The van der Waals surface area contributed by atoms with Crippen LogP contribution in [-0.4, -0.2) is 18.4 Å². The van der Waals surface area contributed by atoms with Crippen LogP contribution in [0.15, 0.2) is 0 Å². The van der Waals surface area contributed by atoms with Crippen molar-refractivity contribution >= 4 is 0 Å². The van der Waals surface area contributed by atoms with Crippen molar-refractivity contribution in [3.63, 3.8) is 0 Å². The fourth-order valence-electron chi connectivity index (χ4n) is 1.51. The van der Waals surface area contributed by atoms with Crippen LogP contribution in [0.2, 0.25) is 0 Å². The van der Waals surface area contributed by atoms with E-state index in [1.165, 1.54) is 6.42 Å². The first kappa shape index (κ1) is 8.02. The molecule has 0 aromatic heterocycles. The van der Waals surface area contributed by atoms with Gasteiger partial charge >= 0.3 is 0 Å². The first-order valence-electron chi connectivity index (χ1n) is 4.09. The van der Waals surface area contributed by atoms with Crippen molar-refractivity contribution in [3.05, 3.63) is 0 Å². The molecule has 0 aliphatic carbocycles. The zero-order valence-corrected chi connectivity index (χ0v) is 7.11. The van der Waals surface area contributed by atoms with Gasteiger partial charge in [-0.15, -0.1) is 0 Å². The van der Waals surface area contributed by atoms with Gasteiger partial charge < -0.3 is 4.74 Å². The summed E-state index contributed by atoms with van der Waals surface area (Å²) in [4.78, 5) is 0. The highest BCUT2D eigenvalue weighted by Gasteiger charge is 2.31. The van der Waals surface area contributed by atoms with E-state index in [0.29, 0.717) is 6.10 Å². The molecule has 2 atom stereocenters. The monoisotopic (exact) mass is 143 g/mol. The van der Waals surface area contributed by atoms with Crippen LogP contribution in [0.3, 0.4) is 0 Å². The maximum absolute atomic E-state index is 5.68. The molecular weight excluding hydrogens is 126 g/mol. The standard InChI is InChI=1S/C8H17NO/c1-4-5-8(3)9-6-7(2)10-8/h7,9H,4-6H2,1-3H3. The summed E-state index contributed by atoms with van der Waals surface area (Å²) in [7, 11) is 0. The Morgan fingerprint density at radius 3 is 2.80 bits per heavy atom. The summed E-state index contributed by atoms with van der Waals surface area (Å²) in [6.45, 7) is 7.41. The third kappa shape index (κ3) is 1.70. The molecule has 1 heterocycles. The molecule has 2 heteroatoms. The normalized spacial score (nSPS) is 40.5. The van der Waals surface area contributed by atoms with E-state index in [9.17, 15) is 0 Å². The molecule has 1 fully saturated rings. The molecule has 1 saturated heterocycles. The summed E-state index contributed by atoms with van der Waals surface area (Å²) in [5.41, 5.74) is -0.0336. The second-order valence-corrected chi connectivity index (χ2v) is 3.29. The van der Waals surface area contributed by atoms with Crippen LogP contribution in [-0.2, 0) is 4.74 Å². The van der Waals surface area contributed by atoms with Crippen molar-refractivity contribution < 1.29 is 4.74 Å². The van der Waals surface area contributed by atoms with Gasteiger partial charge in [-0.2, -0.15) is 0 Å². The summed E-state index contributed by atoms with van der Waals surface area (Å²) in [5.74, 6) is 0. The van der Waals surface area contributed by atoms with Crippen molar-refractivity contribution in [2.24, 2.45) is 0 Å². The molecule has 0 radical (unpaired) electrons. The minimum absolute atomic E-state index is 0.0336. The van der Waals surface area contributed by atoms with Gasteiger partial charge in [-0.05, 0) is 20.3 Å². The Labute approximate surface area is 63.0 Å². The van der Waals surface area contributed by atoms with Crippen molar-refractivity contribution in [1.82, 2.24) is 5.32 Å². The van der Waals surface area contributed by atoms with Crippen molar-refractivity contribution in [1.29, 1.82) is 0 Å². The Kier molecular flexibility index (Phi) is 2.32. The van der Waals surface area contributed by atoms with E-state index in [1.807, 2.05) is 0 Å².